The Kier molecular flexibility index (Phi) is 3.94. The summed E-state index contributed by atoms with van der Waals surface area (Å²) in [7, 11) is 1.90. The molecule has 1 N–H and O–H groups in total. The Balaban J connectivity index is 2.10. The molecule has 1 aliphatic heterocycles. The average molecular weight is 304 g/mol. The van der Waals surface area contributed by atoms with Gasteiger partial charge in [0.2, 0.25) is 12.7 Å². The lowest BCUT2D eigenvalue weighted by Crippen LogP contribution is -2.03. The lowest BCUT2D eigenvalue weighted by Gasteiger charge is -2.11. The summed E-state index contributed by atoms with van der Waals surface area (Å²) >= 11 is 0. The molecular formula is C16H20N2O4. The molecule has 1 aromatic carbocycles. The summed E-state index contributed by atoms with van der Waals surface area (Å²) in [5.74, 6) is 2.28. The van der Waals surface area contributed by atoms with Gasteiger partial charge in [0.25, 0.3) is 0 Å². The molecule has 0 amide bonds. The number of aryl methyl sites for hydroxylation is 1. The summed E-state index contributed by atoms with van der Waals surface area (Å²) in [4.78, 5) is 0. The third-order valence-electron chi connectivity index (χ3n) is 3.60. The van der Waals surface area contributed by atoms with E-state index in [1.165, 1.54) is 0 Å². The summed E-state index contributed by atoms with van der Waals surface area (Å²) in [6.07, 6.45) is 0. The minimum Gasteiger partial charge on any atom is -0.474 e. The zero-order chi connectivity index (χ0) is 15.7. The van der Waals surface area contributed by atoms with Crippen molar-refractivity contribution < 1.29 is 19.3 Å². The van der Waals surface area contributed by atoms with Crippen molar-refractivity contribution in [3.05, 3.63) is 23.9 Å². The van der Waals surface area contributed by atoms with Crippen molar-refractivity contribution in [2.24, 2.45) is 7.05 Å². The van der Waals surface area contributed by atoms with Gasteiger partial charge in [0, 0.05) is 7.05 Å². The molecule has 0 bridgehead atoms. The maximum absolute atomic E-state index is 9.01. The van der Waals surface area contributed by atoms with E-state index in [1.807, 2.05) is 29.9 Å². The first-order chi connectivity index (χ1) is 10.6. The van der Waals surface area contributed by atoms with Crippen molar-refractivity contribution in [1.29, 1.82) is 0 Å². The van der Waals surface area contributed by atoms with E-state index in [4.69, 9.17) is 19.3 Å². The quantitative estimate of drug-likeness (QED) is 0.918. The Morgan fingerprint density at radius 3 is 2.82 bits per heavy atom. The van der Waals surface area contributed by atoms with Gasteiger partial charge in [-0.2, -0.15) is 0 Å². The maximum Gasteiger partial charge on any atom is 0.241 e. The number of rotatable bonds is 5. The van der Waals surface area contributed by atoms with Crippen molar-refractivity contribution in [3.8, 4) is 28.5 Å². The third kappa shape index (κ3) is 2.50. The Morgan fingerprint density at radius 1 is 1.32 bits per heavy atom. The van der Waals surface area contributed by atoms with Gasteiger partial charge < -0.3 is 19.3 Å². The number of nitrogens with zero attached hydrogens (tertiary/aromatic N) is 2. The lowest BCUT2D eigenvalue weighted by atomic mass is 9.99. The van der Waals surface area contributed by atoms with Crippen molar-refractivity contribution >= 4 is 0 Å². The van der Waals surface area contributed by atoms with E-state index in [0.717, 1.165) is 28.3 Å². The molecule has 0 fully saturated rings. The number of fused-ring (bicyclic) bond motifs is 1. The van der Waals surface area contributed by atoms with Gasteiger partial charge in [0.05, 0.1) is 17.9 Å². The number of hydrogen-bond donors (Lipinski definition) is 1. The Hall–Kier alpha value is -2.21. The van der Waals surface area contributed by atoms with Gasteiger partial charge >= 0.3 is 0 Å². The van der Waals surface area contributed by atoms with Crippen LogP contribution in [0.3, 0.4) is 0 Å². The molecule has 0 atom stereocenters. The van der Waals surface area contributed by atoms with Crippen LogP contribution < -0.4 is 14.2 Å². The largest absolute Gasteiger partial charge is 0.474 e. The smallest absolute Gasteiger partial charge is 0.241 e. The predicted octanol–water partition coefficient (Wildman–Crippen LogP) is 2.31. The minimum atomic E-state index is -0.0475. The second kappa shape index (κ2) is 5.88. The van der Waals surface area contributed by atoms with Crippen molar-refractivity contribution in [3.63, 3.8) is 0 Å². The van der Waals surface area contributed by atoms with Crippen molar-refractivity contribution in [2.45, 2.75) is 19.8 Å². The van der Waals surface area contributed by atoms with E-state index in [9.17, 15) is 0 Å². The highest BCUT2D eigenvalue weighted by Crippen LogP contribution is 2.41. The summed E-state index contributed by atoms with van der Waals surface area (Å²) < 4.78 is 18.3. The van der Waals surface area contributed by atoms with E-state index < -0.39 is 0 Å². The van der Waals surface area contributed by atoms with E-state index in [2.05, 4.69) is 18.9 Å². The van der Waals surface area contributed by atoms with Crippen LogP contribution in [0.2, 0.25) is 0 Å². The van der Waals surface area contributed by atoms with E-state index in [0.29, 0.717) is 5.88 Å². The van der Waals surface area contributed by atoms with Crippen molar-refractivity contribution in [2.75, 3.05) is 20.0 Å². The number of hydrogen-bond acceptors (Lipinski definition) is 5. The van der Waals surface area contributed by atoms with Crippen LogP contribution in [-0.4, -0.2) is 34.9 Å². The average Bonchev–Trinajstić information content (AvgIpc) is 3.07. The summed E-state index contributed by atoms with van der Waals surface area (Å²) in [6.45, 7) is 4.64. The third-order valence-corrected chi connectivity index (χ3v) is 3.60. The molecule has 6 nitrogen and oxygen atoms in total. The first kappa shape index (κ1) is 14.7. The van der Waals surface area contributed by atoms with Crippen LogP contribution >= 0.6 is 0 Å². The first-order valence-electron chi connectivity index (χ1n) is 7.32. The van der Waals surface area contributed by atoms with E-state index in [1.54, 1.807) is 0 Å². The topological polar surface area (TPSA) is 65.7 Å². The van der Waals surface area contributed by atoms with Crippen LogP contribution in [0.15, 0.2) is 18.2 Å². The molecule has 6 heteroatoms. The van der Waals surface area contributed by atoms with Gasteiger partial charge in [-0.05, 0) is 23.6 Å². The molecule has 0 radical (unpaired) electrons. The van der Waals surface area contributed by atoms with Crippen LogP contribution in [-0.2, 0) is 7.05 Å². The molecule has 3 rings (SSSR count). The number of benzene rings is 1. The zero-order valence-corrected chi connectivity index (χ0v) is 13.0. The van der Waals surface area contributed by atoms with Crippen LogP contribution in [0, 0.1) is 0 Å². The molecule has 2 heterocycles. The molecule has 0 saturated heterocycles. The van der Waals surface area contributed by atoms with E-state index >= 15 is 0 Å². The lowest BCUT2D eigenvalue weighted by molar-refractivity contribution is 0.174. The zero-order valence-electron chi connectivity index (χ0n) is 13.0. The van der Waals surface area contributed by atoms with Gasteiger partial charge in [-0.1, -0.05) is 19.9 Å². The Bertz CT molecular complexity index is 679. The Morgan fingerprint density at radius 2 is 2.09 bits per heavy atom. The molecule has 118 valence electrons. The normalized spacial score (nSPS) is 13.0. The predicted molar refractivity (Wildman–Crippen MR) is 81.4 cm³/mol. The first-order valence-corrected chi connectivity index (χ1v) is 7.32. The number of aliphatic hydroxyl groups excluding tert-OH is 1. The summed E-state index contributed by atoms with van der Waals surface area (Å²) in [5.41, 5.74) is 2.98. The van der Waals surface area contributed by atoms with Gasteiger partial charge in [0.15, 0.2) is 11.5 Å². The fourth-order valence-electron chi connectivity index (χ4n) is 2.74. The molecule has 22 heavy (non-hydrogen) atoms. The number of ether oxygens (including phenoxy) is 3. The fourth-order valence-corrected chi connectivity index (χ4v) is 2.74. The second-order valence-corrected chi connectivity index (χ2v) is 5.48. The minimum absolute atomic E-state index is 0.0475. The maximum atomic E-state index is 9.01. The highest BCUT2D eigenvalue weighted by atomic mass is 16.7. The molecule has 2 aromatic rings. The molecule has 0 spiro atoms. The highest BCUT2D eigenvalue weighted by molar-refractivity contribution is 5.74. The monoisotopic (exact) mass is 304 g/mol. The SMILES string of the molecule is CC(C)c1c(-c2ccc3c(c2)OCO3)c(OCCO)nn1C. The van der Waals surface area contributed by atoms with Crippen LogP contribution in [0.4, 0.5) is 0 Å². The van der Waals surface area contributed by atoms with Crippen LogP contribution in [0.5, 0.6) is 17.4 Å². The van der Waals surface area contributed by atoms with Crippen molar-refractivity contribution in [1.82, 2.24) is 9.78 Å². The molecule has 0 saturated carbocycles. The summed E-state index contributed by atoms with van der Waals surface area (Å²) in [5, 5.41) is 13.5. The molecule has 0 unspecified atom stereocenters. The van der Waals surface area contributed by atoms with Gasteiger partial charge in [-0.25, -0.2) is 0 Å². The molecular weight excluding hydrogens is 284 g/mol. The van der Waals surface area contributed by atoms with E-state index in [-0.39, 0.29) is 25.9 Å². The van der Waals surface area contributed by atoms with Crippen LogP contribution in [0.1, 0.15) is 25.5 Å². The van der Waals surface area contributed by atoms with Crippen LogP contribution in [0.25, 0.3) is 11.1 Å². The number of aromatic nitrogens is 2. The molecule has 1 aliphatic rings. The highest BCUT2D eigenvalue weighted by Gasteiger charge is 2.23. The van der Waals surface area contributed by atoms with Gasteiger partial charge in [-0.15, -0.1) is 5.10 Å². The Labute approximate surface area is 129 Å². The van der Waals surface area contributed by atoms with Gasteiger partial charge in [0.1, 0.15) is 6.61 Å². The second-order valence-electron chi connectivity index (χ2n) is 5.48. The molecule has 1 aromatic heterocycles. The fraction of sp³-hybridized carbons (Fsp3) is 0.438. The standard InChI is InChI=1S/C16H20N2O4/c1-10(2)15-14(16(17-18(15)3)20-7-6-19)11-4-5-12-13(8-11)22-9-21-12/h4-5,8,10,19H,6-7,9H2,1-3H3. The molecule has 0 aliphatic carbocycles. The number of aliphatic hydroxyl groups is 1. The summed E-state index contributed by atoms with van der Waals surface area (Å²) in [6, 6.07) is 5.81. The van der Waals surface area contributed by atoms with Gasteiger partial charge in [-0.3, -0.25) is 4.68 Å².